The van der Waals surface area contributed by atoms with Crippen LogP contribution in [0, 0.1) is 0 Å². The summed E-state index contributed by atoms with van der Waals surface area (Å²) in [5.74, 6) is -0.188. The van der Waals surface area contributed by atoms with Crippen LogP contribution in [0.15, 0.2) is 92.5 Å². The molecule has 1 amide bonds. The molecule has 5 nitrogen and oxygen atoms in total. The fraction of sp³-hybridized carbons (Fsp3) is 0. The second-order valence-electron chi connectivity index (χ2n) is 6.78. The van der Waals surface area contributed by atoms with Crippen molar-refractivity contribution in [2.75, 3.05) is 5.32 Å². The summed E-state index contributed by atoms with van der Waals surface area (Å²) in [7, 11) is 0. The third kappa shape index (κ3) is 3.25. The highest BCUT2D eigenvalue weighted by Crippen LogP contribution is 2.30. The molecule has 30 heavy (non-hydrogen) atoms. The lowest BCUT2D eigenvalue weighted by Crippen LogP contribution is -2.11. The quantitative estimate of drug-likeness (QED) is 0.361. The molecule has 6 heteroatoms. The van der Waals surface area contributed by atoms with E-state index in [2.05, 4.69) is 5.32 Å². The van der Waals surface area contributed by atoms with E-state index in [1.54, 1.807) is 48.5 Å². The van der Waals surface area contributed by atoms with Crippen molar-refractivity contribution in [3.8, 4) is 11.1 Å². The van der Waals surface area contributed by atoms with E-state index < -0.39 is 5.63 Å². The number of hydrogen-bond donors (Lipinski definition) is 1. The normalized spacial score (nSPS) is 11.1. The van der Waals surface area contributed by atoms with Crippen LogP contribution in [0.25, 0.3) is 33.1 Å². The zero-order valence-electron chi connectivity index (χ0n) is 15.5. The van der Waals surface area contributed by atoms with Crippen LogP contribution < -0.4 is 10.9 Å². The number of hydrogen-bond acceptors (Lipinski definition) is 4. The molecule has 1 N–H and O–H groups in total. The molecule has 0 fully saturated rings. The Morgan fingerprint density at radius 1 is 0.767 bits per heavy atom. The Kier molecular flexibility index (Phi) is 4.38. The highest BCUT2D eigenvalue weighted by molar-refractivity contribution is 6.33. The van der Waals surface area contributed by atoms with Gasteiger partial charge in [-0.2, -0.15) is 0 Å². The second kappa shape index (κ2) is 7.21. The van der Waals surface area contributed by atoms with Gasteiger partial charge in [-0.05, 0) is 36.4 Å². The van der Waals surface area contributed by atoms with Crippen LogP contribution >= 0.6 is 11.6 Å². The monoisotopic (exact) mass is 415 g/mol. The lowest BCUT2D eigenvalue weighted by atomic mass is 10.1. The smallest absolute Gasteiger partial charge is 0.344 e. The summed E-state index contributed by atoms with van der Waals surface area (Å²) in [6.07, 6.45) is 0. The highest BCUT2D eigenvalue weighted by atomic mass is 35.5. The predicted molar refractivity (Wildman–Crippen MR) is 117 cm³/mol. The molecule has 0 aliphatic rings. The number of halogens is 1. The van der Waals surface area contributed by atoms with E-state index in [4.69, 9.17) is 20.4 Å². The predicted octanol–water partition coefficient (Wildman–Crippen LogP) is 6.11. The van der Waals surface area contributed by atoms with E-state index in [-0.39, 0.29) is 11.7 Å². The van der Waals surface area contributed by atoms with Crippen LogP contribution in [-0.4, -0.2) is 5.91 Å². The van der Waals surface area contributed by atoms with Gasteiger partial charge in [0, 0.05) is 22.0 Å². The molecular formula is C24H14ClNO4. The number of furan rings is 1. The minimum absolute atomic E-state index is 0.201. The molecule has 0 spiro atoms. The topological polar surface area (TPSA) is 72.5 Å². The lowest BCUT2D eigenvalue weighted by molar-refractivity contribution is 0.0998. The summed E-state index contributed by atoms with van der Waals surface area (Å²) >= 11 is 6.43. The third-order valence-electron chi connectivity index (χ3n) is 4.81. The Morgan fingerprint density at radius 2 is 1.43 bits per heavy atom. The van der Waals surface area contributed by atoms with Gasteiger partial charge in [-0.1, -0.05) is 54.1 Å². The second-order valence-corrected chi connectivity index (χ2v) is 7.19. The molecule has 146 valence electrons. The van der Waals surface area contributed by atoms with Gasteiger partial charge in [0.25, 0.3) is 5.91 Å². The number of anilines is 1. The molecule has 0 bridgehead atoms. The molecule has 0 aliphatic carbocycles. The fourth-order valence-corrected chi connectivity index (χ4v) is 3.63. The SMILES string of the molecule is O=C(Nc1ccc(-c2cc3ccccc3oc2=O)c(Cl)c1)c1cc2ccccc2o1. The Balaban J connectivity index is 1.45. The fourth-order valence-electron chi connectivity index (χ4n) is 3.35. The summed E-state index contributed by atoms with van der Waals surface area (Å²) in [6, 6.07) is 23.0. The number of rotatable bonds is 3. The van der Waals surface area contributed by atoms with Crippen molar-refractivity contribution in [2.45, 2.75) is 0 Å². The number of nitrogens with one attached hydrogen (secondary N) is 1. The van der Waals surface area contributed by atoms with Crippen molar-refractivity contribution < 1.29 is 13.6 Å². The Bertz CT molecular complexity index is 1450. The maximum absolute atomic E-state index is 12.5. The summed E-state index contributed by atoms with van der Waals surface area (Å²) in [5, 5.41) is 4.73. The number of carbonyl (C=O) groups excluding carboxylic acids is 1. The summed E-state index contributed by atoms with van der Waals surface area (Å²) < 4.78 is 11.0. The highest BCUT2D eigenvalue weighted by Gasteiger charge is 2.15. The van der Waals surface area contributed by atoms with E-state index in [9.17, 15) is 9.59 Å². The molecule has 5 aromatic rings. The van der Waals surface area contributed by atoms with Crippen LogP contribution in [0.2, 0.25) is 5.02 Å². The van der Waals surface area contributed by atoms with Crippen LogP contribution in [0.3, 0.4) is 0 Å². The average molecular weight is 416 g/mol. The van der Waals surface area contributed by atoms with Gasteiger partial charge >= 0.3 is 5.63 Å². The van der Waals surface area contributed by atoms with E-state index in [0.29, 0.717) is 33.0 Å². The van der Waals surface area contributed by atoms with Crippen LogP contribution in [-0.2, 0) is 0 Å². The van der Waals surface area contributed by atoms with Crippen molar-refractivity contribution in [2.24, 2.45) is 0 Å². The van der Waals surface area contributed by atoms with Crippen molar-refractivity contribution in [3.05, 3.63) is 100 Å². The van der Waals surface area contributed by atoms with Gasteiger partial charge in [0.2, 0.25) is 0 Å². The number of fused-ring (bicyclic) bond motifs is 2. The number of amides is 1. The van der Waals surface area contributed by atoms with Crippen molar-refractivity contribution in [1.82, 2.24) is 0 Å². The first-order valence-corrected chi connectivity index (χ1v) is 9.59. The molecular weight excluding hydrogens is 402 g/mol. The largest absolute Gasteiger partial charge is 0.451 e. The zero-order chi connectivity index (χ0) is 20.7. The molecule has 5 rings (SSSR count). The van der Waals surface area contributed by atoms with Gasteiger partial charge in [-0.15, -0.1) is 0 Å². The number of benzene rings is 3. The summed E-state index contributed by atoms with van der Waals surface area (Å²) in [6.45, 7) is 0. The molecule has 0 atom stereocenters. The van der Waals surface area contributed by atoms with E-state index >= 15 is 0 Å². The van der Waals surface area contributed by atoms with Gasteiger partial charge in [0.1, 0.15) is 11.2 Å². The van der Waals surface area contributed by atoms with Crippen molar-refractivity contribution in [3.63, 3.8) is 0 Å². The molecule has 0 unspecified atom stereocenters. The standard InChI is InChI=1S/C24H14ClNO4/c25-19-13-16(26-23(27)22-12-15-6-2-3-7-20(15)29-22)9-10-17(19)18-11-14-5-1-4-8-21(14)30-24(18)28/h1-13H,(H,26,27). The average Bonchev–Trinajstić information content (AvgIpc) is 3.18. The maximum Gasteiger partial charge on any atom is 0.344 e. The molecule has 3 aromatic carbocycles. The maximum atomic E-state index is 12.5. The van der Waals surface area contributed by atoms with Crippen molar-refractivity contribution in [1.29, 1.82) is 0 Å². The van der Waals surface area contributed by atoms with Crippen LogP contribution in [0.5, 0.6) is 0 Å². The lowest BCUT2D eigenvalue weighted by Gasteiger charge is -2.08. The molecule has 0 radical (unpaired) electrons. The minimum atomic E-state index is -0.477. The number of para-hydroxylation sites is 2. The first kappa shape index (κ1) is 18.2. The first-order valence-electron chi connectivity index (χ1n) is 9.21. The van der Waals surface area contributed by atoms with E-state index in [0.717, 1.165) is 10.8 Å². The first-order chi connectivity index (χ1) is 14.6. The van der Waals surface area contributed by atoms with Crippen molar-refractivity contribution >= 4 is 45.1 Å². The molecule has 0 saturated carbocycles. The Hall–Kier alpha value is -3.83. The number of carbonyl (C=O) groups is 1. The Morgan fingerprint density at radius 3 is 2.13 bits per heavy atom. The van der Waals surface area contributed by atoms with E-state index in [1.165, 1.54) is 0 Å². The Labute approximate surface area is 175 Å². The van der Waals surface area contributed by atoms with Gasteiger partial charge < -0.3 is 14.2 Å². The molecule has 2 heterocycles. The summed E-state index contributed by atoms with van der Waals surface area (Å²) in [5.41, 5.74) is 2.04. The molecule has 0 aliphatic heterocycles. The molecule has 0 saturated heterocycles. The van der Waals surface area contributed by atoms with Crippen LogP contribution in [0.4, 0.5) is 5.69 Å². The minimum Gasteiger partial charge on any atom is -0.451 e. The third-order valence-corrected chi connectivity index (χ3v) is 5.12. The van der Waals surface area contributed by atoms with Gasteiger partial charge in [0.05, 0.1) is 10.6 Å². The van der Waals surface area contributed by atoms with Gasteiger partial charge in [0.15, 0.2) is 5.76 Å². The van der Waals surface area contributed by atoms with E-state index in [1.807, 2.05) is 30.3 Å². The van der Waals surface area contributed by atoms with Gasteiger partial charge in [-0.3, -0.25) is 4.79 Å². The van der Waals surface area contributed by atoms with Crippen LogP contribution in [0.1, 0.15) is 10.6 Å². The summed E-state index contributed by atoms with van der Waals surface area (Å²) in [4.78, 5) is 24.9. The zero-order valence-corrected chi connectivity index (χ0v) is 16.3. The molecule has 2 aromatic heterocycles. The van der Waals surface area contributed by atoms with Gasteiger partial charge in [-0.25, -0.2) is 4.79 Å².